The number of halogens is 6. The summed E-state index contributed by atoms with van der Waals surface area (Å²) >= 11 is 7.16. The Hall–Kier alpha value is -4.47. The molecule has 0 spiro atoms. The number of esters is 2. The van der Waals surface area contributed by atoms with Crippen molar-refractivity contribution in [3.63, 3.8) is 0 Å². The topological polar surface area (TPSA) is 522 Å². The first-order chi connectivity index (χ1) is 50.3. The minimum Gasteiger partial charge on any atom is -1.00 e. The Morgan fingerprint density at radius 1 is 0.655 bits per heavy atom. The number of nitrogens with zero attached hydrogens (tertiary/aromatic N) is 2. The van der Waals surface area contributed by atoms with Gasteiger partial charge in [-0.15, -0.1) is 0 Å². The van der Waals surface area contributed by atoms with E-state index in [0.717, 1.165) is 36.7 Å². The van der Waals surface area contributed by atoms with Crippen molar-refractivity contribution in [3.05, 3.63) is 65.7 Å². The predicted octanol–water partition coefficient (Wildman–Crippen LogP) is 3.17. The van der Waals surface area contributed by atoms with Gasteiger partial charge in [0.1, 0.15) is 22.9 Å². The van der Waals surface area contributed by atoms with Gasteiger partial charge in [-0.05, 0) is 127 Å². The fourth-order valence-electron chi connectivity index (χ4n) is 7.25. The maximum absolute atomic E-state index is 13.1. The van der Waals surface area contributed by atoms with Crippen LogP contribution < -0.4 is 108 Å². The maximum Gasteiger partial charge on any atom is 1.00 e. The van der Waals surface area contributed by atoms with E-state index in [1.165, 1.54) is 82.0 Å². The quantitative estimate of drug-likeness (QED) is 0.00436. The van der Waals surface area contributed by atoms with Crippen LogP contribution in [-0.4, -0.2) is 176 Å². The van der Waals surface area contributed by atoms with Crippen LogP contribution in [0.15, 0.2) is 31.6 Å². The molecule has 2 aromatic rings. The third kappa shape index (κ3) is 106. The summed E-state index contributed by atoms with van der Waals surface area (Å²) in [6, 6.07) is -0.537. The van der Waals surface area contributed by atoms with E-state index in [0.29, 0.717) is 71.0 Å². The number of alkyl halides is 3. The largest absolute Gasteiger partial charge is 1.00 e. The Morgan fingerprint density at radius 3 is 1.24 bits per heavy atom. The second-order valence-electron chi connectivity index (χ2n) is 24.2. The monoisotopic (exact) mass is 1720 g/mol. The SMILES string of the molecule is C.CC(C)(C)OC(=O)NCCCCCC(=O)O.CC(C)(C)OC(=O)NCCCCCC(=O)OCCl.CC(C)(C)OC(=O)NCCCCCC(=O)OCn1cc(F)c(=O)[nH]c1=O.CCCC[N+](CCCC)(CCCC)CCCC.O.O=CO[O-].O=S(=O)(Cl)OCCl.O=S([O-])O[O-].O=c1[nH]cc(F)c(=O)[nH]1.[2H]CC.[2H]CF.[H-].[Na+].[Na+]. The molecule has 0 saturated carbocycles. The van der Waals surface area contributed by atoms with E-state index in [2.05, 4.69) is 72.5 Å². The standard InChI is InChI=1S/C16H24FN3O6.C16H36N.C12H22ClNO4.C11H21NO4.C4H3FN2O2.C2H6.CH2Cl2O3S.CH3F.CH2O3.CH4.2Na.H2O4S.H2O.H/c1-16(2,3)26-15(24)18-8-6-4-5-7-12(21)25-10-20-9-11(17)13(22)19-14(20)23;1-5-9-13-17(14-10-6-2,15-11-7-3)16-12-8-4;1-12(2,3)18-11(16)14-8-6-4-5-7-10(15)17-9-13;1-11(2,3)16-10(15)12-8-6-4-5-7-9(13)14;5-2-1-6-4(9)7-3(2)8;1-2;2-1-6-7(3,4)5;1-2;2-1-4-3;;;;1-4-5(2)3;;/h9H,4-8,10H2,1-3H3,(H,18,24)(H,19,22,23);5-16H2,1-4H3;4-9H2,1-3H3,(H,14,16);4-8H2,1-3H3,(H,12,15)(H,13,14);1H,(H2,6,7,8,9);1-2H3;1H2;1H3;1,3H;1H4;;;1H,(H,2,3);1H2;/q;+1;;;;;;;;;2*+1;;;-1/p-3/i;;;;;1D;;1D;;;;;;;. The van der Waals surface area contributed by atoms with E-state index in [1.54, 1.807) is 58.4 Å². The van der Waals surface area contributed by atoms with Crippen LogP contribution in [-0.2, 0) is 83.7 Å². The fourth-order valence-corrected chi connectivity index (χ4v) is 8.10. The summed E-state index contributed by atoms with van der Waals surface area (Å²) in [4.78, 5) is 126. The number of carbonyl (C=O) groups excluding carboxylic acids is 6. The van der Waals surface area contributed by atoms with E-state index in [4.69, 9.17) is 74.1 Å². The smallest absolute Gasteiger partial charge is 1.00 e. The van der Waals surface area contributed by atoms with Crippen molar-refractivity contribution in [3.8, 4) is 0 Å². The first-order valence-electron chi connectivity index (χ1n) is 34.9. The van der Waals surface area contributed by atoms with Crippen LogP contribution in [0.2, 0.25) is 0 Å². The summed E-state index contributed by atoms with van der Waals surface area (Å²) in [6.45, 7) is 34.3. The molecule has 0 aromatic carbocycles. The van der Waals surface area contributed by atoms with Crippen molar-refractivity contribution in [1.82, 2.24) is 35.5 Å². The number of quaternary nitrogens is 1. The first kappa shape index (κ1) is 126. The number of carboxylic acid groups (broad SMARTS) is 1. The molecule has 0 fully saturated rings. The Labute approximate surface area is 711 Å². The summed E-state index contributed by atoms with van der Waals surface area (Å²) < 4.78 is 117. The van der Waals surface area contributed by atoms with Crippen LogP contribution in [0.3, 0.4) is 0 Å². The molecular formula is C65H125Cl3F3N8Na2O27S2-. The van der Waals surface area contributed by atoms with Gasteiger partial charge in [-0.2, -0.15) is 17.2 Å². The van der Waals surface area contributed by atoms with Gasteiger partial charge in [-0.25, -0.2) is 32.4 Å². The van der Waals surface area contributed by atoms with Gasteiger partial charge >= 0.3 is 116 Å². The molecule has 3 amide bonds. The molecule has 110 heavy (non-hydrogen) atoms. The Morgan fingerprint density at radius 2 is 0.982 bits per heavy atom. The molecule has 9 N–H and O–H groups in total. The number of unbranched alkanes of at least 4 members (excludes halogenated alkanes) is 10. The number of aromatic nitrogens is 4. The molecule has 2 aromatic heterocycles. The predicted molar refractivity (Wildman–Crippen MR) is 401 cm³/mol. The number of carboxylic acids is 1. The van der Waals surface area contributed by atoms with Gasteiger partial charge in [0.15, 0.2) is 12.8 Å². The van der Waals surface area contributed by atoms with Crippen molar-refractivity contribution < 1.29 is 190 Å². The summed E-state index contributed by atoms with van der Waals surface area (Å²) in [5.41, 5.74) is -5.21. The molecule has 2 rings (SSSR count). The third-order valence-corrected chi connectivity index (χ3v) is 12.9. The van der Waals surface area contributed by atoms with Gasteiger partial charge in [0.2, 0.25) is 11.6 Å². The fraction of sp³-hybridized carbons (Fsp3) is 0.769. The number of aromatic amines is 3. The van der Waals surface area contributed by atoms with E-state index < -0.39 is 122 Å². The zero-order chi connectivity index (χ0) is 85.2. The number of alkyl carbamates (subject to hydrolysis) is 3. The van der Waals surface area contributed by atoms with Crippen molar-refractivity contribution in [2.45, 2.75) is 263 Å². The number of H-pyrrole nitrogens is 3. The van der Waals surface area contributed by atoms with Crippen molar-refractivity contribution in [2.24, 2.45) is 0 Å². The van der Waals surface area contributed by atoms with Gasteiger partial charge in [0, 0.05) is 57.1 Å². The van der Waals surface area contributed by atoms with E-state index in [-0.39, 0.29) is 105 Å². The number of rotatable bonds is 37. The molecule has 35 nitrogen and oxygen atoms in total. The molecule has 0 aliphatic heterocycles. The summed E-state index contributed by atoms with van der Waals surface area (Å²) in [5.74, 6) is -3.75. The zero-order valence-corrected chi connectivity index (χ0v) is 73.9. The molecule has 0 saturated heterocycles. The van der Waals surface area contributed by atoms with Crippen LogP contribution in [0.25, 0.3) is 0 Å². The van der Waals surface area contributed by atoms with Gasteiger partial charge in [-0.3, -0.25) is 47.7 Å². The number of ether oxygens (including phenoxy) is 5. The molecule has 0 bridgehead atoms. The van der Waals surface area contributed by atoms with Crippen LogP contribution in [0.4, 0.5) is 27.6 Å². The molecule has 0 aliphatic rings. The zero-order valence-electron chi connectivity index (χ0n) is 69.0. The van der Waals surface area contributed by atoms with Gasteiger partial charge in [0.05, 0.1) is 52.3 Å². The number of carbonyl (C=O) groups is 7. The minimum atomic E-state index is -3.83. The third-order valence-electron chi connectivity index (χ3n) is 11.7. The Kier molecular flexibility index (Phi) is 98.1. The van der Waals surface area contributed by atoms with Crippen LogP contribution >= 0.6 is 33.9 Å². The summed E-state index contributed by atoms with van der Waals surface area (Å²) in [5, 5.41) is 33.2. The molecule has 1 unspecified atom stereocenters. The van der Waals surface area contributed by atoms with E-state index >= 15 is 0 Å². The van der Waals surface area contributed by atoms with Crippen LogP contribution in [0.5, 0.6) is 0 Å². The second-order valence-corrected chi connectivity index (χ2v) is 27.4. The van der Waals surface area contributed by atoms with Crippen molar-refractivity contribution >= 4 is 97.2 Å². The van der Waals surface area contributed by atoms with E-state index in [9.17, 15) is 69.5 Å². The number of nitrogens with one attached hydrogen (secondary N) is 6. The van der Waals surface area contributed by atoms with Crippen molar-refractivity contribution in [2.75, 3.05) is 65.1 Å². The van der Waals surface area contributed by atoms with E-state index in [1.807, 2.05) is 25.8 Å². The Balaban J connectivity index is -0.0000000948. The number of amides is 3. The number of hydrogen-bond acceptors (Lipinski definition) is 25. The number of aliphatic carboxylic acids is 1. The van der Waals surface area contributed by atoms with Gasteiger partial charge in [-0.1, -0.05) is 117 Å². The minimum absolute atomic E-state index is 0. The number of hydrogen-bond donors (Lipinski definition) is 7. The molecule has 0 aliphatic carbocycles. The summed E-state index contributed by atoms with van der Waals surface area (Å²) in [7, 11) is -0.335. The molecule has 644 valence electrons. The second kappa shape index (κ2) is 85.4. The van der Waals surface area contributed by atoms with Crippen molar-refractivity contribution in [1.29, 1.82) is 0 Å². The average molecular weight is 1730 g/mol. The normalized spacial score (nSPS) is 10.6. The molecule has 0 radical (unpaired) electrons. The molecule has 45 heteroatoms. The first-order valence-corrected chi connectivity index (χ1v) is 37.8. The van der Waals surface area contributed by atoms with Gasteiger partial charge in [0.25, 0.3) is 17.6 Å². The molecule has 1 atom stereocenters. The summed E-state index contributed by atoms with van der Waals surface area (Å²) in [6.07, 6.45) is 18.2. The van der Waals surface area contributed by atoms with Crippen LogP contribution in [0, 0.1) is 11.6 Å². The van der Waals surface area contributed by atoms with Gasteiger partial charge < -0.3 is 85.4 Å². The average Bonchev–Trinajstić information content (AvgIpc) is 0.864. The Bertz CT molecular complexity index is 2990. The maximum atomic E-state index is 13.1. The van der Waals surface area contributed by atoms with Crippen LogP contribution in [0.1, 0.15) is 244 Å². The molecule has 2 heterocycles. The molecular weight excluding hydrogens is 1600 g/mol.